The van der Waals surface area contributed by atoms with Crippen molar-refractivity contribution < 1.29 is 21.6 Å². The Labute approximate surface area is 217 Å². The van der Waals surface area contributed by atoms with Gasteiger partial charge in [0.25, 0.3) is 0 Å². The highest BCUT2D eigenvalue weighted by Crippen LogP contribution is 2.28. The fourth-order valence-corrected chi connectivity index (χ4v) is 7.21. The van der Waals surface area contributed by atoms with E-state index in [1.54, 1.807) is 48.5 Å². The lowest BCUT2D eigenvalue weighted by molar-refractivity contribution is -0.120. The number of anilines is 1. The molecule has 35 heavy (non-hydrogen) atoms. The third kappa shape index (κ3) is 5.45. The molecule has 3 aromatic carbocycles. The first-order chi connectivity index (χ1) is 16.6. The van der Waals surface area contributed by atoms with Crippen LogP contribution in [-0.4, -0.2) is 57.0 Å². The molecule has 0 bridgehead atoms. The number of hydrogen-bond donors (Lipinski definition) is 1. The number of hydrogen-bond acceptors (Lipinski definition) is 5. The first kappa shape index (κ1) is 25.8. The van der Waals surface area contributed by atoms with Crippen molar-refractivity contribution in [1.82, 2.24) is 8.61 Å². The van der Waals surface area contributed by atoms with Crippen LogP contribution in [0.25, 0.3) is 0 Å². The average Bonchev–Trinajstić information content (AvgIpc) is 2.87. The van der Waals surface area contributed by atoms with Gasteiger partial charge in [0.2, 0.25) is 26.0 Å². The van der Waals surface area contributed by atoms with Crippen LogP contribution in [0.5, 0.6) is 0 Å². The second-order valence-electron chi connectivity index (χ2n) is 7.74. The molecule has 4 rings (SSSR count). The van der Waals surface area contributed by atoms with Crippen LogP contribution in [0.2, 0.25) is 5.02 Å². The molecule has 1 saturated heterocycles. The van der Waals surface area contributed by atoms with Gasteiger partial charge in [-0.05, 0) is 58.4 Å². The van der Waals surface area contributed by atoms with Crippen molar-refractivity contribution in [1.29, 1.82) is 0 Å². The molecule has 1 fully saturated rings. The van der Waals surface area contributed by atoms with Crippen LogP contribution in [-0.2, 0) is 24.8 Å². The largest absolute Gasteiger partial charge is 0.325 e. The topological polar surface area (TPSA) is 104 Å². The van der Waals surface area contributed by atoms with Crippen molar-refractivity contribution in [3.8, 4) is 0 Å². The van der Waals surface area contributed by atoms with E-state index in [1.165, 1.54) is 30.3 Å². The number of benzene rings is 3. The minimum absolute atomic E-state index is 0.0175. The zero-order valence-corrected chi connectivity index (χ0v) is 22.2. The normalized spacial score (nSPS) is 17.7. The second-order valence-corrected chi connectivity index (χ2v) is 12.8. The smallest absolute Gasteiger partial charge is 0.244 e. The molecular formula is C23H21BrClN3O5S2. The van der Waals surface area contributed by atoms with Crippen molar-refractivity contribution in [2.75, 3.05) is 25.0 Å². The standard InChI is InChI=1S/C23H21BrClN3O5S2/c24-20-12-11-17(15-21(20)25)26-23(29)22-16-27(34(30,31)18-7-3-1-4-8-18)13-14-28(22)35(32,33)19-9-5-2-6-10-19/h1-12,15,22H,13-14,16H2,(H,26,29)/t22-/m1/s1. The number of carbonyl (C=O) groups is 1. The summed E-state index contributed by atoms with van der Waals surface area (Å²) in [5, 5.41) is 3.03. The van der Waals surface area contributed by atoms with E-state index >= 15 is 0 Å². The predicted octanol–water partition coefficient (Wildman–Crippen LogP) is 3.81. The Kier molecular flexibility index (Phi) is 7.65. The van der Waals surface area contributed by atoms with Crippen molar-refractivity contribution in [3.63, 3.8) is 0 Å². The lowest BCUT2D eigenvalue weighted by Crippen LogP contribution is -2.60. The molecule has 0 radical (unpaired) electrons. The van der Waals surface area contributed by atoms with Gasteiger partial charge in [-0.1, -0.05) is 48.0 Å². The Hall–Kier alpha value is -2.28. The Morgan fingerprint density at radius 3 is 2.00 bits per heavy atom. The van der Waals surface area contributed by atoms with Gasteiger partial charge in [0.15, 0.2) is 0 Å². The first-order valence-corrected chi connectivity index (χ1v) is 14.5. The van der Waals surface area contributed by atoms with Gasteiger partial charge in [0.05, 0.1) is 14.8 Å². The summed E-state index contributed by atoms with van der Waals surface area (Å²) in [6.07, 6.45) is 0. The Bertz CT molecular complexity index is 1440. The summed E-state index contributed by atoms with van der Waals surface area (Å²) < 4.78 is 56.1. The molecule has 184 valence electrons. The van der Waals surface area contributed by atoms with Crippen LogP contribution < -0.4 is 5.32 Å². The van der Waals surface area contributed by atoms with E-state index in [1.807, 2.05) is 0 Å². The summed E-state index contributed by atoms with van der Waals surface area (Å²) in [6.45, 7) is -0.640. The van der Waals surface area contributed by atoms with Gasteiger partial charge in [-0.25, -0.2) is 16.8 Å². The molecule has 1 aliphatic heterocycles. The number of rotatable bonds is 6. The number of amides is 1. The van der Waals surface area contributed by atoms with Crippen LogP contribution in [0.4, 0.5) is 5.69 Å². The molecule has 3 aromatic rings. The molecule has 0 spiro atoms. The number of carbonyl (C=O) groups excluding carboxylic acids is 1. The molecule has 1 amide bonds. The molecule has 0 aromatic heterocycles. The zero-order valence-electron chi connectivity index (χ0n) is 18.2. The molecule has 1 heterocycles. The zero-order chi connectivity index (χ0) is 25.2. The molecule has 0 saturated carbocycles. The third-order valence-corrected chi connectivity index (χ3v) is 10.5. The van der Waals surface area contributed by atoms with E-state index in [9.17, 15) is 21.6 Å². The van der Waals surface area contributed by atoms with Crippen LogP contribution in [0, 0.1) is 0 Å². The minimum Gasteiger partial charge on any atom is -0.325 e. The SMILES string of the molecule is O=C(Nc1ccc(Br)c(Cl)c1)[C@H]1CN(S(=O)(=O)c2ccccc2)CCN1S(=O)(=O)c1ccccc1. The lowest BCUT2D eigenvalue weighted by atomic mass is 10.2. The third-order valence-electron chi connectivity index (χ3n) is 5.51. The first-order valence-electron chi connectivity index (χ1n) is 10.5. The molecule has 0 aliphatic carbocycles. The summed E-state index contributed by atoms with van der Waals surface area (Å²) in [6, 6.07) is 19.0. The van der Waals surface area contributed by atoms with Crippen LogP contribution in [0.15, 0.2) is 93.1 Å². The highest BCUT2D eigenvalue weighted by atomic mass is 79.9. The van der Waals surface area contributed by atoms with Crippen molar-refractivity contribution in [3.05, 3.63) is 88.4 Å². The van der Waals surface area contributed by atoms with Crippen LogP contribution in [0.1, 0.15) is 0 Å². The minimum atomic E-state index is -4.08. The lowest BCUT2D eigenvalue weighted by Gasteiger charge is -2.38. The molecule has 1 aliphatic rings. The van der Waals surface area contributed by atoms with E-state index in [4.69, 9.17) is 11.6 Å². The van der Waals surface area contributed by atoms with Crippen molar-refractivity contribution in [2.45, 2.75) is 15.8 Å². The van der Waals surface area contributed by atoms with Gasteiger partial charge >= 0.3 is 0 Å². The van der Waals surface area contributed by atoms with E-state index in [0.717, 1.165) is 8.61 Å². The maximum absolute atomic E-state index is 13.4. The van der Waals surface area contributed by atoms with Crippen molar-refractivity contribution in [2.24, 2.45) is 0 Å². The summed E-state index contributed by atoms with van der Waals surface area (Å²) in [5.41, 5.74) is 0.350. The highest BCUT2D eigenvalue weighted by molar-refractivity contribution is 9.10. The van der Waals surface area contributed by atoms with E-state index in [2.05, 4.69) is 21.2 Å². The number of nitrogens with zero attached hydrogens (tertiary/aromatic N) is 2. The fourth-order valence-electron chi connectivity index (χ4n) is 3.73. The highest BCUT2D eigenvalue weighted by Gasteiger charge is 2.43. The number of nitrogens with one attached hydrogen (secondary N) is 1. The summed E-state index contributed by atoms with van der Waals surface area (Å²) in [4.78, 5) is 13.5. The van der Waals surface area contributed by atoms with Gasteiger partial charge in [-0.15, -0.1) is 0 Å². The molecule has 0 unspecified atom stereocenters. The molecule has 8 nitrogen and oxygen atoms in total. The summed E-state index contributed by atoms with van der Waals surface area (Å²) in [5.74, 6) is -0.671. The van der Waals surface area contributed by atoms with Crippen LogP contribution in [0.3, 0.4) is 0 Å². The molecular weight excluding hydrogens is 578 g/mol. The quantitative estimate of drug-likeness (QED) is 0.465. The van der Waals surface area contributed by atoms with E-state index in [0.29, 0.717) is 15.2 Å². The van der Waals surface area contributed by atoms with Gasteiger partial charge in [-0.3, -0.25) is 4.79 Å². The monoisotopic (exact) mass is 597 g/mol. The van der Waals surface area contributed by atoms with Crippen molar-refractivity contribution >= 4 is 59.2 Å². The van der Waals surface area contributed by atoms with Gasteiger partial charge in [0, 0.05) is 29.8 Å². The average molecular weight is 599 g/mol. The second kappa shape index (κ2) is 10.4. The number of sulfonamides is 2. The van der Waals surface area contributed by atoms with Gasteiger partial charge in [-0.2, -0.15) is 8.61 Å². The Morgan fingerprint density at radius 2 is 1.43 bits per heavy atom. The predicted molar refractivity (Wildman–Crippen MR) is 137 cm³/mol. The molecule has 1 N–H and O–H groups in total. The maximum Gasteiger partial charge on any atom is 0.244 e. The van der Waals surface area contributed by atoms with E-state index in [-0.39, 0.29) is 29.4 Å². The number of halogens is 2. The van der Waals surface area contributed by atoms with Crippen LogP contribution >= 0.6 is 27.5 Å². The summed E-state index contributed by atoms with van der Waals surface area (Å²) in [7, 11) is -8.02. The fraction of sp³-hybridized carbons (Fsp3) is 0.174. The van der Waals surface area contributed by atoms with Gasteiger partial charge in [0.1, 0.15) is 6.04 Å². The van der Waals surface area contributed by atoms with Gasteiger partial charge < -0.3 is 5.32 Å². The maximum atomic E-state index is 13.4. The van der Waals surface area contributed by atoms with E-state index < -0.39 is 32.0 Å². The number of piperazine rings is 1. The Balaban J connectivity index is 1.69. The summed E-state index contributed by atoms with van der Waals surface area (Å²) >= 11 is 9.40. The molecule has 12 heteroatoms. The Morgan fingerprint density at radius 1 is 0.857 bits per heavy atom. The molecule has 1 atom stereocenters.